The zero-order chi connectivity index (χ0) is 17.8. The molecule has 132 valence electrons. The third kappa shape index (κ3) is 4.67. The van der Waals surface area contributed by atoms with Gasteiger partial charge in [-0.2, -0.15) is 0 Å². The number of hydrogen-bond acceptors (Lipinski definition) is 6. The van der Waals surface area contributed by atoms with Gasteiger partial charge in [0, 0.05) is 31.4 Å². The van der Waals surface area contributed by atoms with E-state index in [-0.39, 0.29) is 17.9 Å². The van der Waals surface area contributed by atoms with Crippen LogP contribution < -0.4 is 11.1 Å². The monoisotopic (exact) mass is 341 g/mol. The van der Waals surface area contributed by atoms with Gasteiger partial charge in [0.05, 0.1) is 0 Å². The van der Waals surface area contributed by atoms with Crippen LogP contribution in [0.5, 0.6) is 5.75 Å². The lowest BCUT2D eigenvalue weighted by Gasteiger charge is -2.32. The van der Waals surface area contributed by atoms with Crippen molar-refractivity contribution in [1.82, 2.24) is 20.2 Å². The first-order valence-electron chi connectivity index (χ1n) is 8.42. The minimum Gasteiger partial charge on any atom is -0.508 e. The molecular formula is C18H23N5O2. The third-order valence-electron chi connectivity index (χ3n) is 4.34. The molecule has 0 radical (unpaired) electrons. The summed E-state index contributed by atoms with van der Waals surface area (Å²) in [4.78, 5) is 22.6. The zero-order valence-electron chi connectivity index (χ0n) is 14.3. The summed E-state index contributed by atoms with van der Waals surface area (Å²) in [7, 11) is 0. The molecule has 1 aliphatic heterocycles. The summed E-state index contributed by atoms with van der Waals surface area (Å²) in [5.41, 5.74) is 7.69. The molecule has 2 aromatic rings. The number of anilines is 1. The van der Waals surface area contributed by atoms with Gasteiger partial charge in [-0.15, -0.1) is 0 Å². The van der Waals surface area contributed by atoms with Gasteiger partial charge in [0.1, 0.15) is 11.4 Å². The van der Waals surface area contributed by atoms with Crippen molar-refractivity contribution in [3.63, 3.8) is 0 Å². The Labute approximate surface area is 146 Å². The number of nitrogens with one attached hydrogen (secondary N) is 1. The molecule has 0 saturated carbocycles. The molecule has 0 aliphatic carbocycles. The lowest BCUT2D eigenvalue weighted by Crippen LogP contribution is -2.44. The van der Waals surface area contributed by atoms with Crippen LogP contribution in [0.15, 0.2) is 30.3 Å². The number of nitrogen functional groups attached to an aromatic ring is 1. The molecule has 7 nitrogen and oxygen atoms in total. The van der Waals surface area contributed by atoms with Gasteiger partial charge in [-0.05, 0) is 43.5 Å². The standard InChI is InChI=1S/C18H23N5O2/c1-12-9-16(22-18(19)20-12)17(25)21-14-5-7-23(8-6-14)11-13-3-2-4-15(24)10-13/h2-4,9-10,14,24H,5-8,11H2,1H3,(H,21,25)(H2,19,20,22). The Morgan fingerprint density at radius 2 is 2.08 bits per heavy atom. The smallest absolute Gasteiger partial charge is 0.270 e. The van der Waals surface area contributed by atoms with Crippen molar-refractivity contribution in [2.75, 3.05) is 18.8 Å². The van der Waals surface area contributed by atoms with Gasteiger partial charge in [-0.1, -0.05) is 12.1 Å². The first-order chi connectivity index (χ1) is 12.0. The maximum Gasteiger partial charge on any atom is 0.270 e. The number of aromatic nitrogens is 2. The molecule has 7 heteroatoms. The van der Waals surface area contributed by atoms with Crippen molar-refractivity contribution in [1.29, 1.82) is 0 Å². The highest BCUT2D eigenvalue weighted by atomic mass is 16.3. The van der Waals surface area contributed by atoms with Crippen LogP contribution in [0.1, 0.15) is 34.6 Å². The molecule has 0 unspecified atom stereocenters. The van der Waals surface area contributed by atoms with E-state index in [2.05, 4.69) is 20.2 Å². The summed E-state index contributed by atoms with van der Waals surface area (Å²) in [5.74, 6) is 0.203. The predicted octanol–water partition coefficient (Wildman–Crippen LogP) is 1.47. The van der Waals surface area contributed by atoms with E-state index in [1.165, 1.54) is 0 Å². The van der Waals surface area contributed by atoms with Crippen molar-refractivity contribution in [2.45, 2.75) is 32.4 Å². The fourth-order valence-corrected chi connectivity index (χ4v) is 3.12. The summed E-state index contributed by atoms with van der Waals surface area (Å²) < 4.78 is 0. The molecule has 1 aliphatic rings. The van der Waals surface area contributed by atoms with Crippen LogP contribution in [0.25, 0.3) is 0 Å². The molecule has 1 fully saturated rings. The van der Waals surface area contributed by atoms with Crippen LogP contribution in [0.2, 0.25) is 0 Å². The Morgan fingerprint density at radius 1 is 1.32 bits per heavy atom. The number of phenolic OH excluding ortho intramolecular Hbond substituents is 1. The van der Waals surface area contributed by atoms with E-state index in [0.29, 0.717) is 17.1 Å². The maximum absolute atomic E-state index is 12.3. The molecule has 1 saturated heterocycles. The number of aromatic hydroxyl groups is 1. The highest BCUT2D eigenvalue weighted by Gasteiger charge is 2.22. The van der Waals surface area contributed by atoms with Gasteiger partial charge in [0.15, 0.2) is 0 Å². The summed E-state index contributed by atoms with van der Waals surface area (Å²) in [6.07, 6.45) is 1.76. The number of nitrogens with zero attached hydrogens (tertiary/aromatic N) is 3. The number of benzene rings is 1. The zero-order valence-corrected chi connectivity index (χ0v) is 14.3. The van der Waals surface area contributed by atoms with Gasteiger partial charge in [-0.25, -0.2) is 9.97 Å². The van der Waals surface area contributed by atoms with Crippen molar-refractivity contribution in [3.8, 4) is 5.75 Å². The van der Waals surface area contributed by atoms with Crippen LogP contribution in [-0.2, 0) is 6.54 Å². The molecule has 1 amide bonds. The number of carbonyl (C=O) groups excluding carboxylic acids is 1. The molecular weight excluding hydrogens is 318 g/mol. The minimum atomic E-state index is -0.205. The molecule has 1 aromatic carbocycles. The van der Waals surface area contributed by atoms with E-state index < -0.39 is 0 Å². The first-order valence-corrected chi connectivity index (χ1v) is 8.42. The number of carbonyl (C=O) groups is 1. The normalized spacial score (nSPS) is 15.9. The first kappa shape index (κ1) is 17.2. The van der Waals surface area contributed by atoms with Gasteiger partial charge < -0.3 is 16.2 Å². The third-order valence-corrected chi connectivity index (χ3v) is 4.34. The van der Waals surface area contributed by atoms with Crippen molar-refractivity contribution in [2.24, 2.45) is 0 Å². The Balaban J connectivity index is 1.51. The highest BCUT2D eigenvalue weighted by Crippen LogP contribution is 2.17. The number of phenols is 1. The number of rotatable bonds is 4. The highest BCUT2D eigenvalue weighted by molar-refractivity contribution is 5.92. The number of nitrogens with two attached hydrogens (primary N) is 1. The molecule has 0 atom stereocenters. The number of hydrogen-bond donors (Lipinski definition) is 3. The molecule has 2 heterocycles. The molecule has 25 heavy (non-hydrogen) atoms. The summed E-state index contributed by atoms with van der Waals surface area (Å²) in [6.45, 7) is 4.38. The van der Waals surface area contributed by atoms with Gasteiger partial charge in [0.25, 0.3) is 5.91 Å². The van der Waals surface area contributed by atoms with E-state index in [1.807, 2.05) is 12.1 Å². The van der Waals surface area contributed by atoms with Crippen molar-refractivity contribution >= 4 is 11.9 Å². The summed E-state index contributed by atoms with van der Waals surface area (Å²) in [6, 6.07) is 9.10. The average Bonchev–Trinajstić information content (AvgIpc) is 2.56. The Kier molecular flexibility index (Phi) is 5.14. The number of aryl methyl sites for hydroxylation is 1. The van der Waals surface area contributed by atoms with Gasteiger partial charge in [0.2, 0.25) is 5.95 Å². The van der Waals surface area contributed by atoms with Crippen molar-refractivity contribution < 1.29 is 9.90 Å². The quantitative estimate of drug-likeness (QED) is 0.778. The fourth-order valence-electron chi connectivity index (χ4n) is 3.12. The second-order valence-corrected chi connectivity index (χ2v) is 6.45. The van der Waals surface area contributed by atoms with Gasteiger partial charge >= 0.3 is 0 Å². The summed E-state index contributed by atoms with van der Waals surface area (Å²) in [5, 5.41) is 12.6. The van der Waals surface area contributed by atoms with Crippen molar-refractivity contribution in [3.05, 3.63) is 47.3 Å². The molecule has 0 bridgehead atoms. The van der Waals surface area contributed by atoms with Crippen LogP contribution in [0.4, 0.5) is 5.95 Å². The SMILES string of the molecule is Cc1cc(C(=O)NC2CCN(Cc3cccc(O)c3)CC2)nc(N)n1. The number of amides is 1. The number of piperidine rings is 1. The van der Waals surface area contributed by atoms with E-state index in [9.17, 15) is 9.90 Å². The van der Waals surface area contributed by atoms with Crippen LogP contribution >= 0.6 is 0 Å². The van der Waals surface area contributed by atoms with Crippen LogP contribution in [0, 0.1) is 6.92 Å². The molecule has 1 aromatic heterocycles. The molecule has 4 N–H and O–H groups in total. The molecule has 0 spiro atoms. The topological polar surface area (TPSA) is 104 Å². The largest absolute Gasteiger partial charge is 0.508 e. The predicted molar refractivity (Wildman–Crippen MR) is 95.1 cm³/mol. The van der Waals surface area contributed by atoms with Gasteiger partial charge in [-0.3, -0.25) is 9.69 Å². The fraction of sp³-hybridized carbons (Fsp3) is 0.389. The Morgan fingerprint density at radius 3 is 2.76 bits per heavy atom. The van der Waals surface area contributed by atoms with E-state index >= 15 is 0 Å². The van der Waals surface area contributed by atoms with Crippen LogP contribution in [0.3, 0.4) is 0 Å². The maximum atomic E-state index is 12.3. The van der Waals surface area contributed by atoms with E-state index in [0.717, 1.165) is 38.0 Å². The molecule has 3 rings (SSSR count). The average molecular weight is 341 g/mol. The van der Waals surface area contributed by atoms with E-state index in [1.54, 1.807) is 25.1 Å². The second kappa shape index (κ2) is 7.48. The second-order valence-electron chi connectivity index (χ2n) is 6.45. The number of likely N-dealkylation sites (tertiary alicyclic amines) is 1. The lowest BCUT2D eigenvalue weighted by molar-refractivity contribution is 0.0903. The minimum absolute atomic E-state index is 0.117. The lowest BCUT2D eigenvalue weighted by atomic mass is 10.0. The van der Waals surface area contributed by atoms with E-state index in [4.69, 9.17) is 5.73 Å². The Hall–Kier alpha value is -2.67. The summed E-state index contributed by atoms with van der Waals surface area (Å²) >= 11 is 0. The Bertz CT molecular complexity index is 737. The van der Waals surface area contributed by atoms with Crippen LogP contribution in [-0.4, -0.2) is 45.0 Å².